The zero-order chi connectivity index (χ0) is 10.4. The van der Waals surface area contributed by atoms with Crippen LogP contribution in [0, 0.1) is 5.92 Å². The molecule has 1 fully saturated rings. The quantitative estimate of drug-likeness (QED) is 0.703. The summed E-state index contributed by atoms with van der Waals surface area (Å²) in [6, 6.07) is 0. The molecule has 0 aromatic heterocycles. The number of hydrogen-bond donors (Lipinski definition) is 1. The van der Waals surface area contributed by atoms with Crippen LogP contribution < -0.4 is 5.73 Å². The van der Waals surface area contributed by atoms with E-state index in [2.05, 4.69) is 6.92 Å². The summed E-state index contributed by atoms with van der Waals surface area (Å²) in [6.07, 6.45) is 6.07. The first-order valence-electron chi connectivity index (χ1n) is 5.63. The lowest BCUT2D eigenvalue weighted by atomic mass is 9.88. The molecule has 0 bridgehead atoms. The topological polar surface area (TPSA) is 52.3 Å². The molecule has 82 valence electrons. The third-order valence-electron chi connectivity index (χ3n) is 2.90. The van der Waals surface area contributed by atoms with E-state index in [1.165, 1.54) is 19.3 Å². The van der Waals surface area contributed by atoms with Crippen LogP contribution in [0.1, 0.15) is 45.4 Å². The molecule has 2 atom stereocenters. The van der Waals surface area contributed by atoms with Crippen LogP contribution in [-0.4, -0.2) is 18.6 Å². The van der Waals surface area contributed by atoms with Crippen molar-refractivity contribution >= 4 is 5.97 Å². The van der Waals surface area contributed by atoms with Gasteiger partial charge in [0.1, 0.15) is 6.10 Å². The van der Waals surface area contributed by atoms with Gasteiger partial charge < -0.3 is 10.5 Å². The highest BCUT2D eigenvalue weighted by Gasteiger charge is 2.24. The van der Waals surface area contributed by atoms with E-state index < -0.39 is 0 Å². The van der Waals surface area contributed by atoms with Crippen LogP contribution in [0.4, 0.5) is 0 Å². The Labute approximate surface area is 86.0 Å². The number of ether oxygens (including phenoxy) is 1. The smallest absolute Gasteiger partial charge is 0.306 e. The molecule has 0 heterocycles. The zero-order valence-electron chi connectivity index (χ0n) is 9.00. The minimum absolute atomic E-state index is 0.0748. The maximum Gasteiger partial charge on any atom is 0.306 e. The summed E-state index contributed by atoms with van der Waals surface area (Å²) >= 11 is 0. The molecule has 1 rings (SSSR count). The average molecular weight is 199 g/mol. The van der Waals surface area contributed by atoms with E-state index >= 15 is 0 Å². The van der Waals surface area contributed by atoms with Gasteiger partial charge in [0.2, 0.25) is 0 Å². The van der Waals surface area contributed by atoms with Crippen LogP contribution in [0.2, 0.25) is 0 Å². The summed E-state index contributed by atoms with van der Waals surface area (Å²) in [5, 5.41) is 0. The van der Waals surface area contributed by atoms with Crippen molar-refractivity contribution in [2.75, 3.05) is 6.54 Å². The molecule has 2 N–H and O–H groups in total. The first-order valence-corrected chi connectivity index (χ1v) is 5.63. The summed E-state index contributed by atoms with van der Waals surface area (Å²) < 4.78 is 5.41. The molecule has 14 heavy (non-hydrogen) atoms. The third kappa shape index (κ3) is 3.66. The Balaban J connectivity index is 2.23. The van der Waals surface area contributed by atoms with E-state index in [9.17, 15) is 4.79 Å². The summed E-state index contributed by atoms with van der Waals surface area (Å²) in [5.41, 5.74) is 5.33. The van der Waals surface area contributed by atoms with Crippen LogP contribution in [0.5, 0.6) is 0 Å². The second kappa shape index (κ2) is 6.02. The second-order valence-electron chi connectivity index (χ2n) is 4.18. The molecule has 0 spiro atoms. The normalized spacial score (nSPS) is 27.3. The van der Waals surface area contributed by atoms with Gasteiger partial charge in [0.05, 0.1) is 0 Å². The molecule has 0 radical (unpaired) electrons. The first kappa shape index (κ1) is 11.5. The molecule has 0 aromatic carbocycles. The molecule has 0 aromatic rings. The van der Waals surface area contributed by atoms with Gasteiger partial charge in [-0.2, -0.15) is 0 Å². The molecule has 0 aliphatic heterocycles. The van der Waals surface area contributed by atoms with Crippen LogP contribution >= 0.6 is 0 Å². The number of hydrogen-bond acceptors (Lipinski definition) is 3. The van der Waals surface area contributed by atoms with Crippen LogP contribution in [-0.2, 0) is 9.53 Å². The van der Waals surface area contributed by atoms with Crippen molar-refractivity contribution in [3.8, 4) is 0 Å². The molecule has 1 aliphatic carbocycles. The zero-order valence-corrected chi connectivity index (χ0v) is 9.00. The number of nitrogens with two attached hydrogens (primary N) is 1. The minimum Gasteiger partial charge on any atom is -0.462 e. The maximum atomic E-state index is 11.3. The Hall–Kier alpha value is -0.570. The number of carbonyl (C=O) groups excluding carboxylic acids is 1. The predicted octanol–water partition coefficient (Wildman–Crippen LogP) is 1.85. The molecule has 3 heteroatoms. The Kier molecular flexibility index (Phi) is 4.94. The molecule has 3 nitrogen and oxygen atoms in total. The van der Waals surface area contributed by atoms with Gasteiger partial charge in [-0.15, -0.1) is 0 Å². The molecule has 1 saturated carbocycles. The monoisotopic (exact) mass is 199 g/mol. The van der Waals surface area contributed by atoms with Crippen LogP contribution in [0.25, 0.3) is 0 Å². The molecule has 1 aliphatic rings. The third-order valence-corrected chi connectivity index (χ3v) is 2.90. The van der Waals surface area contributed by atoms with Gasteiger partial charge in [-0.25, -0.2) is 0 Å². The minimum atomic E-state index is -0.0748. The van der Waals surface area contributed by atoms with Crippen LogP contribution in [0.15, 0.2) is 0 Å². The molecule has 0 amide bonds. The fraction of sp³-hybridized carbons (Fsp3) is 0.909. The van der Waals surface area contributed by atoms with Gasteiger partial charge in [0, 0.05) is 6.42 Å². The summed E-state index contributed by atoms with van der Waals surface area (Å²) in [6.45, 7) is 2.73. The van der Waals surface area contributed by atoms with Crippen molar-refractivity contribution < 1.29 is 9.53 Å². The van der Waals surface area contributed by atoms with Crippen molar-refractivity contribution in [2.24, 2.45) is 11.7 Å². The highest BCUT2D eigenvalue weighted by Crippen LogP contribution is 2.26. The van der Waals surface area contributed by atoms with Gasteiger partial charge in [-0.3, -0.25) is 4.79 Å². The van der Waals surface area contributed by atoms with E-state index in [0.29, 0.717) is 18.9 Å². The van der Waals surface area contributed by atoms with Gasteiger partial charge >= 0.3 is 5.97 Å². The molecule has 0 saturated heterocycles. The average Bonchev–Trinajstić information content (AvgIpc) is 2.18. The SMILES string of the molecule is CC1CCCCC1OC(=O)CCCN. The van der Waals surface area contributed by atoms with Crippen molar-refractivity contribution in [2.45, 2.75) is 51.6 Å². The number of esters is 1. The summed E-state index contributed by atoms with van der Waals surface area (Å²) in [4.78, 5) is 11.3. The highest BCUT2D eigenvalue weighted by atomic mass is 16.5. The van der Waals surface area contributed by atoms with Crippen LogP contribution in [0.3, 0.4) is 0 Å². The maximum absolute atomic E-state index is 11.3. The van der Waals surface area contributed by atoms with Crippen molar-refractivity contribution in [3.05, 3.63) is 0 Å². The van der Waals surface area contributed by atoms with Gasteiger partial charge in [0.25, 0.3) is 0 Å². The highest BCUT2D eigenvalue weighted by molar-refractivity contribution is 5.69. The van der Waals surface area contributed by atoms with E-state index in [1.54, 1.807) is 0 Å². The lowest BCUT2D eigenvalue weighted by Gasteiger charge is -2.28. The van der Waals surface area contributed by atoms with Crippen molar-refractivity contribution in [3.63, 3.8) is 0 Å². The van der Waals surface area contributed by atoms with Gasteiger partial charge in [0.15, 0.2) is 0 Å². The van der Waals surface area contributed by atoms with E-state index in [0.717, 1.165) is 12.8 Å². The van der Waals surface area contributed by atoms with Crippen molar-refractivity contribution in [1.29, 1.82) is 0 Å². The standard InChI is InChI=1S/C11H21NO2/c1-9-5-2-3-6-10(9)14-11(13)7-4-8-12/h9-10H,2-8,12H2,1H3. The number of carbonyl (C=O) groups is 1. The summed E-state index contributed by atoms with van der Waals surface area (Å²) in [7, 11) is 0. The fourth-order valence-corrected chi connectivity index (χ4v) is 1.93. The molecular weight excluding hydrogens is 178 g/mol. The molecular formula is C11H21NO2. The Morgan fingerprint density at radius 3 is 2.79 bits per heavy atom. The Bertz CT molecular complexity index is 182. The predicted molar refractivity (Wildman–Crippen MR) is 55.8 cm³/mol. The Morgan fingerprint density at radius 1 is 1.43 bits per heavy atom. The second-order valence-corrected chi connectivity index (χ2v) is 4.18. The Morgan fingerprint density at radius 2 is 2.14 bits per heavy atom. The number of rotatable bonds is 4. The largest absolute Gasteiger partial charge is 0.462 e. The summed E-state index contributed by atoms with van der Waals surface area (Å²) in [5.74, 6) is 0.458. The molecule has 2 unspecified atom stereocenters. The van der Waals surface area contributed by atoms with E-state index in [4.69, 9.17) is 10.5 Å². The lowest BCUT2D eigenvalue weighted by Crippen LogP contribution is -2.28. The fourth-order valence-electron chi connectivity index (χ4n) is 1.93. The van der Waals surface area contributed by atoms with E-state index in [1.807, 2.05) is 0 Å². The first-order chi connectivity index (χ1) is 6.74. The van der Waals surface area contributed by atoms with Gasteiger partial charge in [-0.05, 0) is 38.1 Å². The van der Waals surface area contributed by atoms with E-state index in [-0.39, 0.29) is 12.1 Å². The van der Waals surface area contributed by atoms with Crippen molar-refractivity contribution in [1.82, 2.24) is 0 Å². The lowest BCUT2D eigenvalue weighted by molar-refractivity contribution is -0.153. The van der Waals surface area contributed by atoms with Gasteiger partial charge in [-0.1, -0.05) is 13.3 Å².